The van der Waals surface area contributed by atoms with Crippen LogP contribution >= 0.6 is 0 Å². The van der Waals surface area contributed by atoms with Crippen molar-refractivity contribution < 1.29 is 8.78 Å². The van der Waals surface area contributed by atoms with Gasteiger partial charge in [-0.2, -0.15) is 9.36 Å². The van der Waals surface area contributed by atoms with Gasteiger partial charge in [0, 0.05) is 5.69 Å². The molecule has 130 valence electrons. The SMILES string of the molecule is Cc1cc(Cn2nnn(-c3ccc(CF)c(CF)c3)c2=O)ccc1N. The standard InChI is InChI=1S/C17H17F2N5O/c1-11-6-12(2-5-16(11)20)10-23-17(25)24(22-21-23)15-4-3-13(8-18)14(7-15)9-19/h2-7H,8-10,20H2,1H3. The second kappa shape index (κ2) is 6.84. The van der Waals surface area contributed by atoms with Crippen molar-refractivity contribution in [3.05, 3.63) is 69.1 Å². The van der Waals surface area contributed by atoms with E-state index in [2.05, 4.69) is 10.4 Å². The van der Waals surface area contributed by atoms with Gasteiger partial charge in [-0.25, -0.2) is 13.6 Å². The zero-order chi connectivity index (χ0) is 18.0. The van der Waals surface area contributed by atoms with Gasteiger partial charge in [0.2, 0.25) is 0 Å². The van der Waals surface area contributed by atoms with Gasteiger partial charge in [0.25, 0.3) is 0 Å². The summed E-state index contributed by atoms with van der Waals surface area (Å²) < 4.78 is 28.1. The molecule has 25 heavy (non-hydrogen) atoms. The van der Waals surface area contributed by atoms with Gasteiger partial charge in [-0.1, -0.05) is 18.2 Å². The summed E-state index contributed by atoms with van der Waals surface area (Å²) in [6, 6.07) is 9.82. The lowest BCUT2D eigenvalue weighted by Crippen LogP contribution is -2.25. The van der Waals surface area contributed by atoms with E-state index in [1.807, 2.05) is 19.1 Å². The van der Waals surface area contributed by atoms with Gasteiger partial charge < -0.3 is 5.73 Å². The van der Waals surface area contributed by atoms with Crippen molar-refractivity contribution in [3.63, 3.8) is 0 Å². The minimum Gasteiger partial charge on any atom is -0.399 e. The van der Waals surface area contributed by atoms with Crippen LogP contribution in [0.4, 0.5) is 14.5 Å². The van der Waals surface area contributed by atoms with E-state index in [0.717, 1.165) is 15.8 Å². The molecule has 2 aromatic carbocycles. The fourth-order valence-electron chi connectivity index (χ4n) is 2.54. The molecule has 0 aliphatic rings. The van der Waals surface area contributed by atoms with Crippen molar-refractivity contribution >= 4 is 5.69 Å². The molecule has 0 fully saturated rings. The molecule has 0 unspecified atom stereocenters. The van der Waals surface area contributed by atoms with Crippen LogP contribution in [0.1, 0.15) is 22.3 Å². The number of alkyl halides is 2. The Balaban J connectivity index is 1.93. The van der Waals surface area contributed by atoms with Crippen LogP contribution in [0.3, 0.4) is 0 Å². The first-order valence-electron chi connectivity index (χ1n) is 7.65. The Morgan fingerprint density at radius 2 is 1.80 bits per heavy atom. The van der Waals surface area contributed by atoms with Crippen molar-refractivity contribution in [3.8, 4) is 5.69 Å². The average molecular weight is 345 g/mol. The molecule has 0 bridgehead atoms. The van der Waals surface area contributed by atoms with E-state index in [1.165, 1.54) is 22.9 Å². The van der Waals surface area contributed by atoms with Crippen molar-refractivity contribution in [2.24, 2.45) is 0 Å². The van der Waals surface area contributed by atoms with E-state index in [9.17, 15) is 13.6 Å². The van der Waals surface area contributed by atoms with Crippen LogP contribution in [0, 0.1) is 6.92 Å². The number of rotatable bonds is 5. The van der Waals surface area contributed by atoms with Gasteiger partial charge in [0.1, 0.15) is 13.3 Å². The largest absolute Gasteiger partial charge is 0.399 e. The number of benzene rings is 2. The zero-order valence-electron chi connectivity index (χ0n) is 13.6. The lowest BCUT2D eigenvalue weighted by Gasteiger charge is -2.06. The number of hydrogen-bond acceptors (Lipinski definition) is 4. The van der Waals surface area contributed by atoms with E-state index >= 15 is 0 Å². The number of nitrogens with zero attached hydrogens (tertiary/aromatic N) is 4. The lowest BCUT2D eigenvalue weighted by atomic mass is 10.1. The molecular formula is C17H17F2N5O. The third-order valence-electron chi connectivity index (χ3n) is 4.03. The number of hydrogen-bond donors (Lipinski definition) is 1. The van der Waals surface area contributed by atoms with Crippen LogP contribution in [0.25, 0.3) is 5.69 Å². The molecule has 1 heterocycles. The molecule has 8 heteroatoms. The first-order valence-corrected chi connectivity index (χ1v) is 7.65. The summed E-state index contributed by atoms with van der Waals surface area (Å²) in [5, 5.41) is 7.68. The third kappa shape index (κ3) is 3.28. The second-order valence-electron chi connectivity index (χ2n) is 5.74. The van der Waals surface area contributed by atoms with Crippen molar-refractivity contribution in [1.29, 1.82) is 0 Å². The van der Waals surface area contributed by atoms with Gasteiger partial charge in [-0.15, -0.1) is 0 Å². The summed E-state index contributed by atoms with van der Waals surface area (Å²) in [4.78, 5) is 12.5. The van der Waals surface area contributed by atoms with Crippen LogP contribution in [0.5, 0.6) is 0 Å². The molecule has 0 spiro atoms. The molecule has 0 aliphatic carbocycles. The topological polar surface area (TPSA) is 78.7 Å². The van der Waals surface area contributed by atoms with Crippen molar-refractivity contribution in [2.45, 2.75) is 26.8 Å². The maximum atomic E-state index is 13.0. The highest BCUT2D eigenvalue weighted by Gasteiger charge is 2.12. The minimum absolute atomic E-state index is 0.190. The minimum atomic E-state index is -0.819. The van der Waals surface area contributed by atoms with E-state index in [-0.39, 0.29) is 17.7 Å². The molecule has 0 aliphatic heterocycles. The number of aromatic nitrogens is 4. The number of anilines is 1. The van der Waals surface area contributed by atoms with Gasteiger partial charge in [0.15, 0.2) is 0 Å². The molecule has 0 saturated carbocycles. The lowest BCUT2D eigenvalue weighted by molar-refractivity contribution is 0.454. The predicted octanol–water partition coefficient (Wildman–Crippen LogP) is 2.31. The summed E-state index contributed by atoms with van der Waals surface area (Å²) in [6.07, 6.45) is 0. The molecule has 0 radical (unpaired) electrons. The van der Waals surface area contributed by atoms with E-state index in [4.69, 9.17) is 5.73 Å². The highest BCUT2D eigenvalue weighted by molar-refractivity contribution is 5.47. The molecule has 1 aromatic heterocycles. The Morgan fingerprint density at radius 3 is 2.48 bits per heavy atom. The number of nitrogen functional groups attached to an aromatic ring is 1. The van der Waals surface area contributed by atoms with Crippen LogP contribution in [0.2, 0.25) is 0 Å². The first-order chi connectivity index (χ1) is 12.0. The van der Waals surface area contributed by atoms with E-state index in [1.54, 1.807) is 6.07 Å². The van der Waals surface area contributed by atoms with E-state index in [0.29, 0.717) is 11.4 Å². The predicted molar refractivity (Wildman–Crippen MR) is 89.9 cm³/mol. The Labute approximate surface area is 142 Å². The monoisotopic (exact) mass is 345 g/mol. The van der Waals surface area contributed by atoms with Crippen molar-refractivity contribution in [1.82, 2.24) is 19.8 Å². The van der Waals surface area contributed by atoms with Crippen molar-refractivity contribution in [2.75, 3.05) is 5.73 Å². The number of tetrazole rings is 1. The van der Waals surface area contributed by atoms with Gasteiger partial charge in [-0.3, -0.25) is 0 Å². The molecule has 3 rings (SSSR count). The van der Waals surface area contributed by atoms with E-state index < -0.39 is 19.0 Å². The maximum absolute atomic E-state index is 13.0. The summed E-state index contributed by atoms with van der Waals surface area (Å²) >= 11 is 0. The molecule has 3 aromatic rings. The summed E-state index contributed by atoms with van der Waals surface area (Å²) in [5.74, 6) is 0. The molecule has 6 nitrogen and oxygen atoms in total. The smallest absolute Gasteiger partial charge is 0.368 e. The fraction of sp³-hybridized carbons (Fsp3) is 0.235. The molecule has 0 atom stereocenters. The van der Waals surface area contributed by atoms with Crippen LogP contribution in [-0.4, -0.2) is 19.8 Å². The highest BCUT2D eigenvalue weighted by Crippen LogP contribution is 2.16. The zero-order valence-corrected chi connectivity index (χ0v) is 13.6. The first kappa shape index (κ1) is 16.8. The fourth-order valence-corrected chi connectivity index (χ4v) is 2.54. The van der Waals surface area contributed by atoms with Crippen LogP contribution < -0.4 is 11.4 Å². The summed E-state index contributed by atoms with van der Waals surface area (Å²) in [5.41, 5.74) is 8.55. The number of aryl methyl sites for hydroxylation is 1. The Hall–Kier alpha value is -3.03. The molecular weight excluding hydrogens is 328 g/mol. The molecule has 0 amide bonds. The number of nitrogens with two attached hydrogens (primary N) is 1. The number of halogens is 2. The second-order valence-corrected chi connectivity index (χ2v) is 5.74. The van der Waals surface area contributed by atoms with Crippen LogP contribution in [-0.2, 0) is 19.9 Å². The quantitative estimate of drug-likeness (QED) is 0.720. The average Bonchev–Trinajstić information content (AvgIpc) is 2.98. The van der Waals surface area contributed by atoms with Gasteiger partial charge in [-0.05, 0) is 57.8 Å². The highest BCUT2D eigenvalue weighted by atomic mass is 19.1. The van der Waals surface area contributed by atoms with Crippen LogP contribution in [0.15, 0.2) is 41.2 Å². The summed E-state index contributed by atoms with van der Waals surface area (Å²) in [6.45, 7) is 0.528. The third-order valence-corrected chi connectivity index (χ3v) is 4.03. The Bertz CT molecular complexity index is 964. The van der Waals surface area contributed by atoms with Gasteiger partial charge >= 0.3 is 5.69 Å². The molecule has 2 N–H and O–H groups in total. The Morgan fingerprint density at radius 1 is 1.04 bits per heavy atom. The summed E-state index contributed by atoms with van der Waals surface area (Å²) in [7, 11) is 0. The maximum Gasteiger partial charge on any atom is 0.368 e. The molecule has 0 saturated heterocycles. The Kier molecular flexibility index (Phi) is 4.60. The normalized spacial score (nSPS) is 11.0. The van der Waals surface area contributed by atoms with Gasteiger partial charge in [0.05, 0.1) is 12.2 Å².